The fraction of sp³-hybridized carbons (Fsp3) is 0.857. The van der Waals surface area contributed by atoms with Crippen LogP contribution >= 0.6 is 8.13 Å². The van der Waals surface area contributed by atoms with E-state index in [1.54, 1.807) is 6.92 Å². The van der Waals surface area contributed by atoms with Crippen molar-refractivity contribution in [3.8, 4) is 0 Å². The first kappa shape index (κ1) is 10.3. The summed E-state index contributed by atoms with van der Waals surface area (Å²) < 4.78 is 0. The Morgan fingerprint density at radius 1 is 1.40 bits per heavy atom. The molecule has 0 fully saturated rings. The average molecular weight is 176 g/mol. The van der Waals surface area contributed by atoms with Crippen LogP contribution < -0.4 is 0 Å². The Balaban J connectivity index is 3.29. The predicted molar refractivity (Wildman–Crippen MR) is 51.8 cm³/mol. The molecule has 3 heteroatoms. The van der Waals surface area contributed by atoms with Gasteiger partial charge in [0.25, 0.3) is 0 Å². The van der Waals surface area contributed by atoms with Crippen LogP contribution in [0.15, 0.2) is 0 Å². The van der Waals surface area contributed by atoms with E-state index in [1.165, 1.54) is 0 Å². The smallest absolute Gasteiger partial charge is 0.130 e. The minimum absolute atomic E-state index is 0.339. The number of carbonyl (C=O) groups is 1. The third-order valence-electron chi connectivity index (χ3n) is 1.13. The lowest BCUT2D eigenvalue weighted by atomic mass is 10.4. The molecule has 0 aromatic carbocycles. The molecule has 10 heavy (non-hydrogen) atoms. The molecule has 1 atom stereocenters. The Bertz CT molecular complexity index is 117. The first-order valence-corrected chi connectivity index (χ1v) is 9.37. The van der Waals surface area contributed by atoms with Gasteiger partial charge in [-0.15, -0.1) is 8.13 Å². The van der Waals surface area contributed by atoms with E-state index in [4.69, 9.17) is 0 Å². The van der Waals surface area contributed by atoms with E-state index in [-0.39, 0.29) is 0 Å². The van der Waals surface area contributed by atoms with Gasteiger partial charge in [0.1, 0.15) is 5.78 Å². The van der Waals surface area contributed by atoms with Gasteiger partial charge in [0.05, 0.1) is 7.74 Å². The van der Waals surface area contributed by atoms with E-state index in [1.807, 2.05) is 0 Å². The minimum Gasteiger partial charge on any atom is -0.300 e. The Hall–Kier alpha value is 0.317. The van der Waals surface area contributed by atoms with Crippen LogP contribution in [-0.2, 0) is 4.79 Å². The Kier molecular flexibility index (Phi) is 4.38. The molecule has 1 nitrogen and oxygen atoms in total. The second-order valence-electron chi connectivity index (χ2n) is 3.63. The van der Waals surface area contributed by atoms with Crippen molar-refractivity contribution >= 4 is 21.7 Å². The average Bonchev–Trinajstić information content (AvgIpc) is 1.59. The van der Waals surface area contributed by atoms with Crippen molar-refractivity contribution < 1.29 is 4.79 Å². The van der Waals surface area contributed by atoms with Crippen molar-refractivity contribution in [3.63, 3.8) is 0 Å². The molecule has 0 saturated carbocycles. The van der Waals surface area contributed by atoms with Gasteiger partial charge in [0.15, 0.2) is 0 Å². The van der Waals surface area contributed by atoms with Gasteiger partial charge in [-0.25, -0.2) is 0 Å². The summed E-state index contributed by atoms with van der Waals surface area (Å²) in [6.07, 6.45) is 1.92. The topological polar surface area (TPSA) is 17.1 Å². The van der Waals surface area contributed by atoms with Crippen molar-refractivity contribution in [2.24, 2.45) is 0 Å². The molecule has 0 amide bonds. The number of rotatable bonds is 4. The van der Waals surface area contributed by atoms with Crippen LogP contribution in [0.1, 0.15) is 13.3 Å². The van der Waals surface area contributed by atoms with Gasteiger partial charge in [-0.05, 0) is 13.1 Å². The molecule has 0 bridgehead atoms. The zero-order valence-corrected chi connectivity index (χ0v) is 9.32. The largest absolute Gasteiger partial charge is 0.300 e. The highest BCUT2D eigenvalue weighted by Crippen LogP contribution is 2.26. The van der Waals surface area contributed by atoms with E-state index in [2.05, 4.69) is 19.6 Å². The SMILES string of the molecule is CC(=O)CCP[Si](C)(C)C. The summed E-state index contributed by atoms with van der Waals surface area (Å²) in [4.78, 5) is 10.5. The second-order valence-corrected chi connectivity index (χ2v) is 14.5. The molecule has 1 unspecified atom stereocenters. The fourth-order valence-corrected chi connectivity index (χ4v) is 4.47. The monoisotopic (exact) mass is 176 g/mol. The van der Waals surface area contributed by atoms with Gasteiger partial charge < -0.3 is 4.79 Å². The van der Waals surface area contributed by atoms with Crippen LogP contribution in [0.5, 0.6) is 0 Å². The van der Waals surface area contributed by atoms with Crippen LogP contribution in [0, 0.1) is 0 Å². The lowest BCUT2D eigenvalue weighted by Crippen LogP contribution is -2.12. The van der Waals surface area contributed by atoms with Crippen molar-refractivity contribution in [2.45, 2.75) is 33.0 Å². The van der Waals surface area contributed by atoms with Gasteiger partial charge >= 0.3 is 0 Å². The lowest BCUT2D eigenvalue weighted by Gasteiger charge is -2.14. The molecule has 0 spiro atoms. The predicted octanol–water partition coefficient (Wildman–Crippen LogP) is 2.48. The van der Waals surface area contributed by atoms with Crippen LogP contribution in [-0.4, -0.2) is 19.7 Å². The Morgan fingerprint density at radius 3 is 2.20 bits per heavy atom. The van der Waals surface area contributed by atoms with Crippen LogP contribution in [0.3, 0.4) is 0 Å². The number of carbonyl (C=O) groups excluding carboxylic acids is 1. The van der Waals surface area contributed by atoms with E-state index in [0.717, 1.165) is 20.7 Å². The fourth-order valence-electron chi connectivity index (χ4n) is 0.614. The molecule has 0 heterocycles. The molecule has 0 saturated heterocycles. The van der Waals surface area contributed by atoms with Gasteiger partial charge in [0, 0.05) is 6.42 Å². The van der Waals surface area contributed by atoms with Gasteiger partial charge in [-0.2, -0.15) is 0 Å². The van der Waals surface area contributed by atoms with E-state index < -0.39 is 7.74 Å². The third kappa shape index (κ3) is 8.32. The van der Waals surface area contributed by atoms with Crippen LogP contribution in [0.2, 0.25) is 19.6 Å². The number of hydrogen-bond donors (Lipinski definition) is 0. The van der Waals surface area contributed by atoms with Crippen LogP contribution in [0.4, 0.5) is 0 Å². The summed E-state index contributed by atoms with van der Waals surface area (Å²) in [6.45, 7) is 8.73. The van der Waals surface area contributed by atoms with Crippen molar-refractivity contribution in [3.05, 3.63) is 0 Å². The summed E-state index contributed by atoms with van der Waals surface area (Å²) in [5.41, 5.74) is 0. The highest BCUT2D eigenvalue weighted by atomic mass is 31.3. The summed E-state index contributed by atoms with van der Waals surface area (Å²) >= 11 is 0. The molecule has 0 aromatic heterocycles. The molecular weight excluding hydrogens is 159 g/mol. The molecule has 0 aromatic rings. The van der Waals surface area contributed by atoms with Gasteiger partial charge in [0.2, 0.25) is 0 Å². The third-order valence-corrected chi connectivity index (χ3v) is 6.63. The second kappa shape index (κ2) is 4.25. The van der Waals surface area contributed by atoms with Crippen molar-refractivity contribution in [1.82, 2.24) is 0 Å². The van der Waals surface area contributed by atoms with Crippen molar-refractivity contribution in [2.75, 3.05) is 6.16 Å². The summed E-state index contributed by atoms with van der Waals surface area (Å²) in [7, 11) is 0.204. The molecule has 60 valence electrons. The number of ketones is 1. The Morgan fingerprint density at radius 2 is 1.90 bits per heavy atom. The van der Waals surface area contributed by atoms with E-state index in [9.17, 15) is 4.79 Å². The van der Waals surface area contributed by atoms with Crippen LogP contribution in [0.25, 0.3) is 0 Å². The molecule has 0 rings (SSSR count). The van der Waals surface area contributed by atoms with Gasteiger partial charge in [-0.3, -0.25) is 0 Å². The number of hydrogen-bond acceptors (Lipinski definition) is 1. The standard InChI is InChI=1S/C7H17OPSi/c1-7(8)5-6-9-10(2,3)4/h9H,5-6H2,1-4H3. The maximum atomic E-state index is 10.5. The summed E-state index contributed by atoms with van der Waals surface area (Å²) in [6, 6.07) is 0. The van der Waals surface area contributed by atoms with E-state index in [0.29, 0.717) is 5.78 Å². The maximum Gasteiger partial charge on any atom is 0.130 e. The number of Topliss-reactive ketones (excluding diaryl/α,β-unsaturated/α-hetero) is 1. The Labute approximate surface area is 66.2 Å². The van der Waals surface area contributed by atoms with E-state index >= 15 is 0 Å². The molecule has 0 radical (unpaired) electrons. The zero-order valence-electron chi connectivity index (χ0n) is 7.32. The zero-order chi connectivity index (χ0) is 8.20. The molecule has 0 aliphatic carbocycles. The van der Waals surface area contributed by atoms with Crippen molar-refractivity contribution in [1.29, 1.82) is 0 Å². The quantitative estimate of drug-likeness (QED) is 0.475. The molecular formula is C7H17OPSi. The lowest BCUT2D eigenvalue weighted by molar-refractivity contribution is -0.116. The van der Waals surface area contributed by atoms with Gasteiger partial charge in [-0.1, -0.05) is 19.6 Å². The first-order valence-electron chi connectivity index (χ1n) is 3.66. The highest BCUT2D eigenvalue weighted by Gasteiger charge is 2.11. The summed E-state index contributed by atoms with van der Waals surface area (Å²) in [5.74, 6) is 0.339. The maximum absolute atomic E-state index is 10.5. The summed E-state index contributed by atoms with van der Waals surface area (Å²) in [5, 5.41) is 0. The molecule has 0 N–H and O–H groups in total. The minimum atomic E-state index is -0.848. The highest BCUT2D eigenvalue weighted by molar-refractivity contribution is 7.81. The molecule has 0 aliphatic rings. The molecule has 0 aliphatic heterocycles. The normalized spacial score (nSPS) is 12.8. The first-order chi connectivity index (χ1) is 4.42.